The number of alkyl halides is 3. The van der Waals surface area contributed by atoms with E-state index in [-0.39, 0.29) is 18.1 Å². The first-order valence-corrected chi connectivity index (χ1v) is 14.2. The average molecular weight is 582 g/mol. The lowest BCUT2D eigenvalue weighted by molar-refractivity contribution is -0.132. The summed E-state index contributed by atoms with van der Waals surface area (Å²) in [6.45, 7) is 1.95. The largest absolute Gasteiger partial charge is 0.508 e. The van der Waals surface area contributed by atoms with Gasteiger partial charge in [0.05, 0.1) is 6.42 Å². The summed E-state index contributed by atoms with van der Waals surface area (Å²) in [6.07, 6.45) is -3.63. The maximum absolute atomic E-state index is 12.8. The predicted molar refractivity (Wildman–Crippen MR) is 152 cm³/mol. The van der Waals surface area contributed by atoms with E-state index in [1.54, 1.807) is 24.3 Å². The van der Waals surface area contributed by atoms with Crippen molar-refractivity contribution in [3.8, 4) is 16.9 Å². The van der Waals surface area contributed by atoms with E-state index in [0.717, 1.165) is 48.3 Å². The van der Waals surface area contributed by atoms with Crippen molar-refractivity contribution in [1.29, 1.82) is 0 Å². The number of hydrogen-bond donors (Lipinski definition) is 2. The minimum absolute atomic E-state index is 0.0161. The predicted octanol–water partition coefficient (Wildman–Crippen LogP) is 5.46. The first kappa shape index (κ1) is 29.4. The second-order valence-electron chi connectivity index (χ2n) is 10.8. The highest BCUT2D eigenvalue weighted by Crippen LogP contribution is 2.52. The van der Waals surface area contributed by atoms with Crippen LogP contribution in [-0.4, -0.2) is 72.4 Å². The molecular formula is C32H34F3N3O4. The van der Waals surface area contributed by atoms with Crippen molar-refractivity contribution < 1.29 is 32.6 Å². The van der Waals surface area contributed by atoms with Crippen LogP contribution in [0.25, 0.3) is 11.1 Å². The molecule has 10 heteroatoms. The van der Waals surface area contributed by atoms with Gasteiger partial charge >= 0.3 is 12.3 Å². The Morgan fingerprint density at radius 3 is 2.07 bits per heavy atom. The van der Waals surface area contributed by atoms with Crippen LogP contribution in [-0.2, 0) is 21.6 Å². The van der Waals surface area contributed by atoms with E-state index in [1.165, 1.54) is 0 Å². The summed E-state index contributed by atoms with van der Waals surface area (Å²) in [6, 6.07) is 21.9. The zero-order chi connectivity index (χ0) is 29.7. The molecule has 3 aromatic carbocycles. The number of nitrogens with one attached hydrogen (secondary N) is 1. The maximum Gasteiger partial charge on any atom is 0.408 e. The molecule has 0 aromatic heterocycles. The lowest BCUT2D eigenvalue weighted by Gasteiger charge is -2.35. The summed E-state index contributed by atoms with van der Waals surface area (Å²) < 4.78 is 44.3. The van der Waals surface area contributed by atoms with Crippen molar-refractivity contribution in [3.63, 3.8) is 0 Å². The minimum Gasteiger partial charge on any atom is -0.508 e. The Labute approximate surface area is 242 Å². The smallest absolute Gasteiger partial charge is 0.408 e. The SMILES string of the molecule is O=C(NCC(F)(F)F)OC1(CCCCN2CCN(C(=O)Cc3ccccc3O)CC2)c2ccccc2-c2ccccc21. The molecule has 42 heavy (non-hydrogen) atoms. The number of benzene rings is 3. The van der Waals surface area contributed by atoms with Gasteiger partial charge in [0.2, 0.25) is 5.91 Å². The van der Waals surface area contributed by atoms with Gasteiger partial charge in [0.1, 0.15) is 12.3 Å². The fourth-order valence-electron chi connectivity index (χ4n) is 5.95. The Morgan fingerprint density at radius 2 is 1.45 bits per heavy atom. The van der Waals surface area contributed by atoms with Crippen molar-refractivity contribution in [2.45, 2.75) is 37.5 Å². The number of hydrogen-bond acceptors (Lipinski definition) is 5. The summed E-state index contributed by atoms with van der Waals surface area (Å²) in [7, 11) is 0. The van der Waals surface area contributed by atoms with Gasteiger partial charge in [-0.15, -0.1) is 0 Å². The van der Waals surface area contributed by atoms with E-state index in [4.69, 9.17) is 4.74 Å². The van der Waals surface area contributed by atoms with Crippen molar-refractivity contribution in [2.75, 3.05) is 39.3 Å². The number of para-hydroxylation sites is 1. The van der Waals surface area contributed by atoms with Gasteiger partial charge in [0, 0.05) is 42.9 Å². The van der Waals surface area contributed by atoms with Gasteiger partial charge in [-0.05, 0) is 43.0 Å². The summed E-state index contributed by atoms with van der Waals surface area (Å²) in [5, 5.41) is 11.8. The second-order valence-corrected chi connectivity index (χ2v) is 10.8. The number of halogens is 3. The zero-order valence-corrected chi connectivity index (χ0v) is 23.2. The number of piperazine rings is 1. The van der Waals surface area contributed by atoms with Crippen molar-refractivity contribution in [1.82, 2.24) is 15.1 Å². The first-order valence-electron chi connectivity index (χ1n) is 14.2. The Kier molecular flexibility index (Phi) is 8.72. The topological polar surface area (TPSA) is 82.1 Å². The van der Waals surface area contributed by atoms with Gasteiger partial charge in [0.25, 0.3) is 0 Å². The molecule has 2 N–H and O–H groups in total. The summed E-state index contributed by atoms with van der Waals surface area (Å²) in [4.78, 5) is 29.5. The average Bonchev–Trinajstić information content (AvgIpc) is 3.25. The van der Waals surface area contributed by atoms with Crippen LogP contribution in [0, 0.1) is 0 Å². The summed E-state index contributed by atoms with van der Waals surface area (Å²) >= 11 is 0. The van der Waals surface area contributed by atoms with Gasteiger partial charge in [-0.25, -0.2) is 4.79 Å². The Morgan fingerprint density at radius 1 is 0.857 bits per heavy atom. The molecule has 1 aliphatic carbocycles. The molecule has 0 spiro atoms. The van der Waals surface area contributed by atoms with E-state index in [0.29, 0.717) is 31.5 Å². The van der Waals surface area contributed by atoms with Crippen LogP contribution in [0.4, 0.5) is 18.0 Å². The third kappa shape index (κ3) is 6.54. The molecule has 3 aromatic rings. The first-order chi connectivity index (χ1) is 20.2. The van der Waals surface area contributed by atoms with Crippen LogP contribution >= 0.6 is 0 Å². The monoisotopic (exact) mass is 581 g/mol. The fraction of sp³-hybridized carbons (Fsp3) is 0.375. The number of phenols is 1. The molecule has 1 heterocycles. The number of fused-ring (bicyclic) bond motifs is 3. The molecule has 0 bridgehead atoms. The second kappa shape index (κ2) is 12.4. The number of phenolic OH excluding ortho intramolecular Hbond substituents is 1. The molecule has 5 rings (SSSR count). The maximum atomic E-state index is 12.8. The normalized spacial score (nSPS) is 16.0. The number of aromatic hydroxyl groups is 1. The van der Waals surface area contributed by atoms with Gasteiger partial charge in [-0.3, -0.25) is 9.69 Å². The van der Waals surface area contributed by atoms with Gasteiger partial charge < -0.3 is 20.1 Å². The number of carbonyl (C=O) groups is 2. The summed E-state index contributed by atoms with van der Waals surface area (Å²) in [5.74, 6) is 0.106. The molecule has 7 nitrogen and oxygen atoms in total. The van der Waals surface area contributed by atoms with Crippen molar-refractivity contribution in [3.05, 3.63) is 89.5 Å². The number of ether oxygens (including phenoxy) is 1. The van der Waals surface area contributed by atoms with Gasteiger partial charge in [-0.1, -0.05) is 66.7 Å². The van der Waals surface area contributed by atoms with E-state index < -0.39 is 24.4 Å². The van der Waals surface area contributed by atoms with Gasteiger partial charge in [-0.2, -0.15) is 13.2 Å². The van der Waals surface area contributed by atoms with E-state index >= 15 is 0 Å². The quantitative estimate of drug-likeness (QED) is 0.328. The third-order valence-corrected chi connectivity index (χ3v) is 8.03. The number of rotatable bonds is 9. The molecule has 2 aliphatic rings. The summed E-state index contributed by atoms with van der Waals surface area (Å²) in [5.41, 5.74) is 2.76. The molecule has 0 unspecified atom stereocenters. The number of amides is 2. The van der Waals surface area contributed by atoms with Crippen molar-refractivity contribution >= 4 is 12.0 Å². The number of carbonyl (C=O) groups excluding carboxylic acids is 2. The number of alkyl carbamates (subject to hydrolysis) is 1. The lowest BCUT2D eigenvalue weighted by Crippen LogP contribution is -2.49. The highest BCUT2D eigenvalue weighted by atomic mass is 19.4. The van der Waals surface area contributed by atoms with Crippen LogP contribution in [0.2, 0.25) is 0 Å². The lowest BCUT2D eigenvalue weighted by atomic mass is 9.86. The highest BCUT2D eigenvalue weighted by Gasteiger charge is 2.46. The molecule has 222 valence electrons. The highest BCUT2D eigenvalue weighted by molar-refractivity contribution is 5.82. The van der Waals surface area contributed by atoms with Crippen molar-refractivity contribution in [2.24, 2.45) is 0 Å². The Hall–Kier alpha value is -4.05. The van der Waals surface area contributed by atoms with Crippen LogP contribution in [0.5, 0.6) is 5.75 Å². The molecule has 0 atom stereocenters. The molecule has 0 radical (unpaired) electrons. The number of nitrogens with zero attached hydrogens (tertiary/aromatic N) is 2. The minimum atomic E-state index is -4.55. The van der Waals surface area contributed by atoms with E-state index in [9.17, 15) is 27.9 Å². The van der Waals surface area contributed by atoms with Crippen LogP contribution in [0.3, 0.4) is 0 Å². The molecule has 0 saturated carbocycles. The van der Waals surface area contributed by atoms with E-state index in [2.05, 4.69) is 4.90 Å². The standard InChI is InChI=1S/C32H34F3N3O4/c33-32(34,35)22-36-30(41)42-31(26-12-4-2-10-24(26)25-11-3-5-13-27(25)31)15-7-8-16-37-17-19-38(20-18-37)29(40)21-23-9-1-6-14-28(23)39/h1-6,9-14,39H,7-8,15-22H2,(H,36,41). The fourth-order valence-corrected chi connectivity index (χ4v) is 5.95. The molecule has 1 saturated heterocycles. The van der Waals surface area contributed by atoms with Crippen LogP contribution in [0.15, 0.2) is 72.8 Å². The molecule has 1 aliphatic heterocycles. The molecule has 2 amide bonds. The third-order valence-electron chi connectivity index (χ3n) is 8.03. The Bertz CT molecular complexity index is 1370. The van der Waals surface area contributed by atoms with Crippen LogP contribution < -0.4 is 5.32 Å². The molecular weight excluding hydrogens is 547 g/mol. The van der Waals surface area contributed by atoms with E-state index in [1.807, 2.05) is 58.7 Å². The van der Waals surface area contributed by atoms with Crippen LogP contribution in [0.1, 0.15) is 36.0 Å². The molecule has 1 fully saturated rings. The Balaban J connectivity index is 1.20. The zero-order valence-electron chi connectivity index (χ0n) is 23.2. The number of unbranched alkanes of at least 4 members (excludes halogenated alkanes) is 1. The van der Waals surface area contributed by atoms with Gasteiger partial charge in [0.15, 0.2) is 5.60 Å².